The summed E-state index contributed by atoms with van der Waals surface area (Å²) in [5, 5.41) is 10.8. The molecule has 0 spiro atoms. The molecular weight excluding hydrogens is 374 g/mol. The molecule has 27 heavy (non-hydrogen) atoms. The lowest BCUT2D eigenvalue weighted by Crippen LogP contribution is -2.31. The number of nitriles is 1. The number of aromatic amines is 1. The zero-order valence-electron chi connectivity index (χ0n) is 13.9. The van der Waals surface area contributed by atoms with E-state index < -0.39 is 23.0 Å². The van der Waals surface area contributed by atoms with E-state index in [1.165, 1.54) is 6.92 Å². The topological polar surface area (TPSA) is 65.9 Å². The molecule has 2 aromatic carbocycles. The van der Waals surface area contributed by atoms with Gasteiger partial charge in [-0.25, -0.2) is 8.78 Å². The molecular formula is C20H11ClF2N2O2. The molecule has 2 heterocycles. The van der Waals surface area contributed by atoms with Crippen LogP contribution in [0.4, 0.5) is 8.78 Å². The molecule has 7 heteroatoms. The predicted molar refractivity (Wildman–Crippen MR) is 95.6 cm³/mol. The van der Waals surface area contributed by atoms with Crippen LogP contribution in [0, 0.1) is 23.0 Å². The monoisotopic (exact) mass is 384 g/mol. The number of ketones is 1. The molecule has 0 saturated carbocycles. The Labute approximate surface area is 157 Å². The van der Waals surface area contributed by atoms with Gasteiger partial charge in [0.2, 0.25) is 5.78 Å². The molecule has 0 radical (unpaired) electrons. The maximum absolute atomic E-state index is 13.7. The lowest BCUT2D eigenvalue weighted by atomic mass is 9.89. The zero-order chi connectivity index (χ0) is 19.3. The molecule has 3 aromatic rings. The Kier molecular flexibility index (Phi) is 3.79. The molecule has 4 rings (SSSR count). The quantitative estimate of drug-likeness (QED) is 0.687. The Balaban J connectivity index is 1.84. The molecule has 0 fully saturated rings. The molecule has 1 aliphatic rings. The van der Waals surface area contributed by atoms with Crippen molar-refractivity contribution in [2.45, 2.75) is 12.5 Å². The highest BCUT2D eigenvalue weighted by molar-refractivity contribution is 6.31. The van der Waals surface area contributed by atoms with E-state index in [-0.39, 0.29) is 16.9 Å². The van der Waals surface area contributed by atoms with Gasteiger partial charge in [0, 0.05) is 27.6 Å². The first kappa shape index (κ1) is 17.3. The predicted octanol–water partition coefficient (Wildman–Crippen LogP) is 4.85. The summed E-state index contributed by atoms with van der Waals surface area (Å²) in [5.74, 6) is -2.31. The normalized spacial score (nSPS) is 19.4. The number of Topliss-reactive ketones (excluding diaryl/α,β-unsaturated/α-hetero) is 1. The number of hydrogen-bond donors (Lipinski definition) is 1. The van der Waals surface area contributed by atoms with E-state index in [1.54, 1.807) is 24.3 Å². The van der Waals surface area contributed by atoms with Crippen LogP contribution in [0.1, 0.15) is 18.2 Å². The lowest BCUT2D eigenvalue weighted by molar-refractivity contribution is -0.128. The van der Waals surface area contributed by atoms with Gasteiger partial charge in [-0.2, -0.15) is 5.26 Å². The summed E-state index contributed by atoms with van der Waals surface area (Å²) < 4.78 is 33.1. The van der Waals surface area contributed by atoms with Crippen molar-refractivity contribution in [2.75, 3.05) is 0 Å². The van der Waals surface area contributed by atoms with Crippen molar-refractivity contribution in [1.82, 2.24) is 4.98 Å². The van der Waals surface area contributed by atoms with Gasteiger partial charge < -0.3 is 9.72 Å². The van der Waals surface area contributed by atoms with Gasteiger partial charge in [0.15, 0.2) is 11.4 Å². The fraction of sp³-hybridized carbons (Fsp3) is 0.100. The highest BCUT2D eigenvalue weighted by Crippen LogP contribution is 2.43. The number of aromatic nitrogens is 1. The molecule has 1 aliphatic heterocycles. The zero-order valence-corrected chi connectivity index (χ0v) is 14.7. The SMILES string of the molecule is CC1(c2cc(F)cc(F)c2)OC(c2cc3cc(Cl)ccc3[nH]2)=C(C#N)C1=O. The van der Waals surface area contributed by atoms with Gasteiger partial charge >= 0.3 is 0 Å². The molecule has 1 unspecified atom stereocenters. The lowest BCUT2D eigenvalue weighted by Gasteiger charge is -2.24. The second kappa shape index (κ2) is 5.93. The van der Waals surface area contributed by atoms with Gasteiger partial charge in [0.25, 0.3) is 0 Å². The number of carbonyl (C=O) groups excluding carboxylic acids is 1. The van der Waals surface area contributed by atoms with Crippen molar-refractivity contribution >= 4 is 34.0 Å². The van der Waals surface area contributed by atoms with E-state index in [9.17, 15) is 18.8 Å². The van der Waals surface area contributed by atoms with Crippen LogP contribution < -0.4 is 0 Å². The number of benzene rings is 2. The fourth-order valence-electron chi connectivity index (χ4n) is 3.18. The third kappa shape index (κ3) is 2.68. The van der Waals surface area contributed by atoms with Crippen LogP contribution in [-0.2, 0) is 15.1 Å². The van der Waals surface area contributed by atoms with Crippen molar-refractivity contribution < 1.29 is 18.3 Å². The minimum Gasteiger partial charge on any atom is -0.471 e. The van der Waals surface area contributed by atoms with Crippen LogP contribution in [0.5, 0.6) is 0 Å². The average molecular weight is 385 g/mol. The van der Waals surface area contributed by atoms with Gasteiger partial charge in [-0.3, -0.25) is 4.79 Å². The number of hydrogen-bond acceptors (Lipinski definition) is 3. The molecule has 0 aliphatic carbocycles. The van der Waals surface area contributed by atoms with Crippen LogP contribution in [0.3, 0.4) is 0 Å². The number of H-pyrrole nitrogens is 1. The fourth-order valence-corrected chi connectivity index (χ4v) is 3.36. The number of carbonyl (C=O) groups is 1. The number of rotatable bonds is 2. The Hall–Kier alpha value is -3.17. The standard InChI is InChI=1S/C20H11ClF2N2O2/c1-20(11-6-13(22)8-14(23)7-11)19(26)15(9-24)18(27-20)17-5-10-4-12(21)2-3-16(10)25-17/h2-8,25H,1H3. The van der Waals surface area contributed by atoms with Crippen LogP contribution in [0.2, 0.25) is 5.02 Å². The van der Waals surface area contributed by atoms with E-state index >= 15 is 0 Å². The summed E-state index contributed by atoms with van der Waals surface area (Å²) in [6.07, 6.45) is 0. The summed E-state index contributed by atoms with van der Waals surface area (Å²) >= 11 is 5.99. The molecule has 0 amide bonds. The van der Waals surface area contributed by atoms with Crippen molar-refractivity contribution in [3.8, 4) is 6.07 Å². The van der Waals surface area contributed by atoms with E-state index in [4.69, 9.17) is 16.3 Å². The first-order valence-electron chi connectivity index (χ1n) is 7.95. The average Bonchev–Trinajstić information content (AvgIpc) is 3.13. The second-order valence-electron chi connectivity index (χ2n) is 6.35. The highest BCUT2D eigenvalue weighted by Gasteiger charge is 2.48. The first-order valence-corrected chi connectivity index (χ1v) is 8.33. The smallest absolute Gasteiger partial charge is 0.225 e. The third-order valence-electron chi connectivity index (χ3n) is 4.55. The van der Waals surface area contributed by atoms with E-state index in [1.807, 2.05) is 6.07 Å². The highest BCUT2D eigenvalue weighted by atomic mass is 35.5. The van der Waals surface area contributed by atoms with Gasteiger partial charge in [-0.15, -0.1) is 0 Å². The van der Waals surface area contributed by atoms with E-state index in [2.05, 4.69) is 4.98 Å². The summed E-state index contributed by atoms with van der Waals surface area (Å²) in [4.78, 5) is 15.9. The van der Waals surface area contributed by atoms with E-state index in [0.717, 1.165) is 23.0 Å². The summed E-state index contributed by atoms with van der Waals surface area (Å²) in [6.45, 7) is 1.38. The molecule has 134 valence electrons. The summed E-state index contributed by atoms with van der Waals surface area (Å²) in [7, 11) is 0. The molecule has 1 N–H and O–H groups in total. The van der Waals surface area contributed by atoms with Gasteiger partial charge in [0.1, 0.15) is 23.3 Å². The number of ether oxygens (including phenoxy) is 1. The van der Waals surface area contributed by atoms with Crippen LogP contribution in [-0.4, -0.2) is 10.8 Å². The van der Waals surface area contributed by atoms with Crippen LogP contribution >= 0.6 is 11.6 Å². The van der Waals surface area contributed by atoms with Crippen molar-refractivity contribution in [1.29, 1.82) is 5.26 Å². The Bertz CT molecular complexity index is 1170. The molecule has 0 bridgehead atoms. The van der Waals surface area contributed by atoms with Gasteiger partial charge in [-0.05, 0) is 43.3 Å². The number of halogens is 3. The molecule has 4 nitrogen and oxygen atoms in total. The number of nitrogens with one attached hydrogen (secondary N) is 1. The van der Waals surface area contributed by atoms with Gasteiger partial charge in [0.05, 0.1) is 5.69 Å². The maximum atomic E-state index is 13.7. The van der Waals surface area contributed by atoms with Crippen molar-refractivity contribution in [3.63, 3.8) is 0 Å². The third-order valence-corrected chi connectivity index (χ3v) is 4.78. The summed E-state index contributed by atoms with van der Waals surface area (Å²) in [6, 6.07) is 11.5. The Morgan fingerprint density at radius 3 is 2.52 bits per heavy atom. The molecule has 1 aromatic heterocycles. The van der Waals surface area contributed by atoms with E-state index in [0.29, 0.717) is 16.8 Å². The Morgan fingerprint density at radius 2 is 1.85 bits per heavy atom. The van der Waals surface area contributed by atoms with Crippen LogP contribution in [0.15, 0.2) is 48.0 Å². The van der Waals surface area contributed by atoms with Crippen molar-refractivity contribution in [2.24, 2.45) is 0 Å². The minimum absolute atomic E-state index is 0.00749. The van der Waals surface area contributed by atoms with Crippen LogP contribution in [0.25, 0.3) is 16.7 Å². The molecule has 0 saturated heterocycles. The number of nitrogens with zero attached hydrogens (tertiary/aromatic N) is 1. The minimum atomic E-state index is -1.71. The van der Waals surface area contributed by atoms with Gasteiger partial charge in [-0.1, -0.05) is 11.6 Å². The first-order chi connectivity index (χ1) is 12.8. The summed E-state index contributed by atoms with van der Waals surface area (Å²) in [5.41, 5.74) is -0.803. The second-order valence-corrected chi connectivity index (χ2v) is 6.79. The Morgan fingerprint density at radius 1 is 1.15 bits per heavy atom. The largest absolute Gasteiger partial charge is 0.471 e. The maximum Gasteiger partial charge on any atom is 0.225 e. The number of fused-ring (bicyclic) bond motifs is 1. The molecule has 1 atom stereocenters. The van der Waals surface area contributed by atoms with Crippen molar-refractivity contribution in [3.05, 3.63) is 76.0 Å².